The van der Waals surface area contributed by atoms with E-state index in [1.54, 1.807) is 36.8 Å². The zero-order valence-corrected chi connectivity index (χ0v) is 23.3. The molecule has 4 aromatic rings. The number of ether oxygens (including phenoxy) is 1. The summed E-state index contributed by atoms with van der Waals surface area (Å²) in [6.45, 7) is 3.73. The normalized spacial score (nSPS) is 14.5. The minimum atomic E-state index is -0.246. The second kappa shape index (κ2) is 11.8. The van der Waals surface area contributed by atoms with E-state index in [-0.39, 0.29) is 11.5 Å². The number of thiocarbonyl (C=S) groups is 1. The van der Waals surface area contributed by atoms with E-state index in [1.165, 1.54) is 16.2 Å². The van der Waals surface area contributed by atoms with E-state index in [1.807, 2.05) is 54.1 Å². The van der Waals surface area contributed by atoms with E-state index in [4.69, 9.17) is 21.9 Å². The number of hydrogen-bond donors (Lipinski definition) is 1. The molecule has 1 aliphatic heterocycles. The lowest BCUT2D eigenvalue weighted by atomic mass is 10.1. The molecule has 39 heavy (non-hydrogen) atoms. The maximum atomic E-state index is 13.6. The van der Waals surface area contributed by atoms with Gasteiger partial charge in [0.15, 0.2) is 0 Å². The molecule has 0 spiro atoms. The van der Waals surface area contributed by atoms with Gasteiger partial charge in [-0.1, -0.05) is 42.2 Å². The Morgan fingerprint density at radius 3 is 2.69 bits per heavy atom. The van der Waals surface area contributed by atoms with Gasteiger partial charge in [0, 0.05) is 38.2 Å². The Kier molecular flexibility index (Phi) is 8.08. The molecule has 1 saturated heterocycles. The van der Waals surface area contributed by atoms with Gasteiger partial charge in [0.25, 0.3) is 11.5 Å². The number of pyridine rings is 1. The highest BCUT2D eigenvalue weighted by Gasteiger charge is 2.32. The van der Waals surface area contributed by atoms with Crippen LogP contribution in [0.25, 0.3) is 11.7 Å². The summed E-state index contributed by atoms with van der Waals surface area (Å²) in [6.07, 6.45) is 10.2. The molecule has 0 saturated carbocycles. The first kappa shape index (κ1) is 26.6. The molecule has 4 heterocycles. The van der Waals surface area contributed by atoms with Gasteiger partial charge in [-0.15, -0.1) is 0 Å². The fourth-order valence-electron chi connectivity index (χ4n) is 4.32. The number of nitrogens with one attached hydrogen (secondary N) is 1. The minimum absolute atomic E-state index is 0.210. The highest BCUT2D eigenvalue weighted by molar-refractivity contribution is 8.26. The number of aromatic nitrogens is 4. The highest BCUT2D eigenvalue weighted by atomic mass is 32.2. The summed E-state index contributed by atoms with van der Waals surface area (Å²) in [6, 6.07) is 11.5. The van der Waals surface area contributed by atoms with Crippen molar-refractivity contribution in [2.45, 2.75) is 26.3 Å². The van der Waals surface area contributed by atoms with Gasteiger partial charge in [0.1, 0.15) is 21.5 Å². The lowest BCUT2D eigenvalue weighted by Gasteiger charge is -2.14. The first-order chi connectivity index (χ1) is 18.9. The third kappa shape index (κ3) is 5.89. The number of aryl methyl sites for hydroxylation is 2. The van der Waals surface area contributed by atoms with Crippen molar-refractivity contribution in [3.63, 3.8) is 0 Å². The van der Waals surface area contributed by atoms with Crippen LogP contribution < -0.4 is 15.6 Å². The van der Waals surface area contributed by atoms with Crippen LogP contribution in [0.3, 0.4) is 0 Å². The molecule has 1 fully saturated rings. The fraction of sp³-hybridized carbons (Fsp3) is 0.250. The van der Waals surface area contributed by atoms with E-state index in [0.29, 0.717) is 45.8 Å². The van der Waals surface area contributed by atoms with Gasteiger partial charge >= 0.3 is 0 Å². The number of amides is 1. The Morgan fingerprint density at radius 1 is 1.13 bits per heavy atom. The predicted molar refractivity (Wildman–Crippen MR) is 158 cm³/mol. The number of hydrogen-bond acceptors (Lipinski definition) is 8. The lowest BCUT2D eigenvalue weighted by molar-refractivity contribution is -0.122. The molecule has 0 atom stereocenters. The van der Waals surface area contributed by atoms with Crippen molar-refractivity contribution >= 4 is 51.7 Å². The quantitative estimate of drug-likeness (QED) is 0.176. The largest absolute Gasteiger partial charge is 0.497 e. The van der Waals surface area contributed by atoms with Crippen LogP contribution in [0.2, 0.25) is 0 Å². The fourth-order valence-corrected chi connectivity index (χ4v) is 5.61. The van der Waals surface area contributed by atoms with Crippen molar-refractivity contribution < 1.29 is 9.53 Å². The SMILES string of the molecule is COc1ccc(CCN2C(=O)/C(=C/c3c(NCCCn4ccnc4)nc4c(C)cccn4c3=O)SC2=S)cc1. The van der Waals surface area contributed by atoms with Crippen LogP contribution in [0.15, 0.2) is 71.0 Å². The number of anilines is 1. The molecule has 1 aromatic carbocycles. The van der Waals surface area contributed by atoms with E-state index in [0.717, 1.165) is 29.8 Å². The first-order valence-corrected chi connectivity index (χ1v) is 13.8. The number of imidazole rings is 1. The molecule has 11 heteroatoms. The van der Waals surface area contributed by atoms with Crippen molar-refractivity contribution in [1.29, 1.82) is 0 Å². The summed E-state index contributed by atoms with van der Waals surface area (Å²) in [5, 5.41) is 3.32. The number of nitrogens with zero attached hydrogens (tertiary/aromatic N) is 5. The van der Waals surface area contributed by atoms with Crippen molar-refractivity contribution in [3.8, 4) is 5.75 Å². The van der Waals surface area contributed by atoms with E-state index < -0.39 is 0 Å². The van der Waals surface area contributed by atoms with Crippen LogP contribution >= 0.6 is 24.0 Å². The molecule has 1 aliphatic rings. The van der Waals surface area contributed by atoms with Crippen LogP contribution in [0, 0.1) is 6.92 Å². The van der Waals surface area contributed by atoms with Gasteiger partial charge < -0.3 is 14.6 Å². The number of rotatable bonds is 10. The first-order valence-electron chi connectivity index (χ1n) is 12.5. The second-order valence-electron chi connectivity index (χ2n) is 9.08. The summed E-state index contributed by atoms with van der Waals surface area (Å²) in [5.41, 5.74) is 2.61. The third-order valence-corrected chi connectivity index (χ3v) is 7.84. The maximum Gasteiger partial charge on any atom is 0.267 e. The number of thioether (sulfide) groups is 1. The average Bonchev–Trinajstić information content (AvgIpc) is 3.55. The lowest BCUT2D eigenvalue weighted by Crippen LogP contribution is -2.30. The monoisotopic (exact) mass is 560 g/mol. The number of methoxy groups -OCH3 is 1. The topological polar surface area (TPSA) is 93.8 Å². The smallest absolute Gasteiger partial charge is 0.267 e. The van der Waals surface area contributed by atoms with Crippen LogP contribution in [0.4, 0.5) is 5.82 Å². The maximum absolute atomic E-state index is 13.6. The summed E-state index contributed by atoms with van der Waals surface area (Å²) in [7, 11) is 1.63. The summed E-state index contributed by atoms with van der Waals surface area (Å²) < 4.78 is 9.20. The van der Waals surface area contributed by atoms with E-state index >= 15 is 0 Å². The number of carbonyl (C=O) groups excluding carboxylic acids is 1. The Morgan fingerprint density at radius 2 is 1.95 bits per heavy atom. The van der Waals surface area contributed by atoms with Crippen molar-refractivity contribution in [1.82, 2.24) is 23.8 Å². The highest BCUT2D eigenvalue weighted by Crippen LogP contribution is 2.33. The average molecular weight is 561 g/mol. The predicted octanol–water partition coefficient (Wildman–Crippen LogP) is 4.15. The Labute approximate surface area is 235 Å². The molecular formula is C28H28N6O3S2. The summed E-state index contributed by atoms with van der Waals surface area (Å²) in [5.74, 6) is 1.02. The standard InChI is InChI=1S/C28H28N6O3S2/c1-19-5-3-14-33-25(19)31-24(30-11-4-13-32-16-12-29-18-32)22(26(33)35)17-23-27(36)34(28(38)39-23)15-10-20-6-8-21(37-2)9-7-20/h3,5-9,12,14,16-18,30H,4,10-11,13,15H2,1-2H3/b23-17-. The molecule has 9 nitrogen and oxygen atoms in total. The van der Waals surface area contributed by atoms with Crippen molar-refractivity contribution in [2.75, 3.05) is 25.5 Å². The summed E-state index contributed by atoms with van der Waals surface area (Å²) in [4.78, 5) is 37.8. The molecule has 1 N–H and O–H groups in total. The van der Waals surface area contributed by atoms with Crippen LogP contribution in [-0.2, 0) is 17.8 Å². The Hall–Kier alpha value is -3.96. The molecule has 5 rings (SSSR count). The second-order valence-corrected chi connectivity index (χ2v) is 10.8. The molecule has 3 aromatic heterocycles. The molecular weight excluding hydrogens is 532 g/mol. The van der Waals surface area contributed by atoms with Gasteiger partial charge in [-0.05, 0) is 55.2 Å². The van der Waals surface area contributed by atoms with Crippen molar-refractivity contribution in [2.24, 2.45) is 0 Å². The van der Waals surface area contributed by atoms with Crippen molar-refractivity contribution in [3.05, 3.63) is 93.3 Å². The van der Waals surface area contributed by atoms with Crippen LogP contribution in [0.1, 0.15) is 23.1 Å². The Balaban J connectivity index is 1.39. The Bertz CT molecular complexity index is 1600. The minimum Gasteiger partial charge on any atom is -0.497 e. The van der Waals surface area contributed by atoms with Gasteiger partial charge in [-0.3, -0.25) is 18.9 Å². The van der Waals surface area contributed by atoms with E-state index in [9.17, 15) is 9.59 Å². The zero-order chi connectivity index (χ0) is 27.4. The summed E-state index contributed by atoms with van der Waals surface area (Å²) >= 11 is 6.74. The molecule has 0 unspecified atom stereocenters. The van der Waals surface area contributed by atoms with Gasteiger partial charge in [0.2, 0.25) is 0 Å². The van der Waals surface area contributed by atoms with Gasteiger partial charge in [-0.25, -0.2) is 9.97 Å². The molecule has 0 bridgehead atoms. The third-order valence-electron chi connectivity index (χ3n) is 6.46. The number of carbonyl (C=O) groups is 1. The number of fused-ring (bicyclic) bond motifs is 1. The van der Waals surface area contributed by atoms with Gasteiger partial charge in [0.05, 0.1) is 23.9 Å². The van der Waals surface area contributed by atoms with E-state index in [2.05, 4.69) is 10.3 Å². The van der Waals surface area contributed by atoms with Crippen LogP contribution in [0.5, 0.6) is 5.75 Å². The number of benzene rings is 1. The zero-order valence-electron chi connectivity index (χ0n) is 21.7. The molecule has 0 aliphatic carbocycles. The van der Waals surface area contributed by atoms with Crippen LogP contribution in [-0.4, -0.2) is 54.3 Å². The molecule has 0 radical (unpaired) electrons. The van der Waals surface area contributed by atoms with Gasteiger partial charge in [-0.2, -0.15) is 0 Å². The molecule has 200 valence electrons. The molecule has 1 amide bonds.